The Balaban J connectivity index is 2.01. The van der Waals surface area contributed by atoms with Crippen molar-refractivity contribution in [3.05, 3.63) is 59.7 Å². The van der Waals surface area contributed by atoms with Gasteiger partial charge in [-0.2, -0.15) is 0 Å². The molecule has 148 valence electrons. The van der Waals surface area contributed by atoms with Gasteiger partial charge < -0.3 is 4.74 Å². The Morgan fingerprint density at radius 1 is 0.929 bits per heavy atom. The Kier molecular flexibility index (Phi) is 6.14. The highest BCUT2D eigenvalue weighted by atomic mass is 32.2. The quantitative estimate of drug-likeness (QED) is 0.772. The Morgan fingerprint density at radius 3 is 2.36 bits per heavy atom. The third-order valence-electron chi connectivity index (χ3n) is 4.66. The van der Waals surface area contributed by atoms with Crippen LogP contribution in [-0.2, 0) is 26.2 Å². The predicted molar refractivity (Wildman–Crippen MR) is 104 cm³/mol. The standard InChI is InChI=1S/C21H23NO5S/c1-16-10-12-19(13-11-16)28(25,26)22-14-17-6-2-4-8-20(17)27-15-18(23)7-3-5-9-21(22)24/h2,4,6,8,10-13H,3,5,7,9,14-15H2,1H3. The molecule has 7 heteroatoms. The van der Waals surface area contributed by atoms with E-state index in [1.54, 1.807) is 36.4 Å². The van der Waals surface area contributed by atoms with Gasteiger partial charge in [-0.3, -0.25) is 9.59 Å². The van der Waals surface area contributed by atoms with Crippen LogP contribution >= 0.6 is 0 Å². The number of para-hydroxylation sites is 1. The fourth-order valence-electron chi connectivity index (χ4n) is 3.03. The molecule has 0 atom stereocenters. The zero-order chi connectivity index (χ0) is 20.1. The molecule has 1 aliphatic heterocycles. The lowest BCUT2D eigenvalue weighted by atomic mass is 10.1. The van der Waals surface area contributed by atoms with Crippen molar-refractivity contribution in [2.45, 2.75) is 44.0 Å². The first-order chi connectivity index (χ1) is 13.4. The molecule has 28 heavy (non-hydrogen) atoms. The van der Waals surface area contributed by atoms with Gasteiger partial charge in [0.1, 0.15) is 12.4 Å². The molecule has 6 nitrogen and oxygen atoms in total. The highest BCUT2D eigenvalue weighted by Crippen LogP contribution is 2.26. The summed E-state index contributed by atoms with van der Waals surface area (Å²) in [5, 5.41) is 0. The topological polar surface area (TPSA) is 80.8 Å². The fraction of sp³-hybridized carbons (Fsp3) is 0.333. The SMILES string of the molecule is Cc1ccc(S(=O)(=O)N2Cc3ccccc3OCC(=O)CCCCC2=O)cc1. The number of carbonyl (C=O) groups excluding carboxylic acids is 2. The van der Waals surface area contributed by atoms with Crippen molar-refractivity contribution in [1.29, 1.82) is 0 Å². The molecule has 0 bridgehead atoms. The number of hydrogen-bond donors (Lipinski definition) is 0. The van der Waals surface area contributed by atoms with E-state index in [0.717, 1.165) is 9.87 Å². The molecule has 1 amide bonds. The van der Waals surface area contributed by atoms with Gasteiger partial charge in [0.2, 0.25) is 5.91 Å². The highest BCUT2D eigenvalue weighted by molar-refractivity contribution is 7.89. The molecule has 0 fully saturated rings. The second-order valence-electron chi connectivity index (χ2n) is 6.86. The maximum atomic E-state index is 13.2. The average Bonchev–Trinajstić information content (AvgIpc) is 2.67. The van der Waals surface area contributed by atoms with E-state index in [2.05, 4.69) is 0 Å². The molecule has 0 unspecified atom stereocenters. The van der Waals surface area contributed by atoms with Crippen molar-refractivity contribution in [3.63, 3.8) is 0 Å². The highest BCUT2D eigenvalue weighted by Gasteiger charge is 2.30. The third-order valence-corrected chi connectivity index (χ3v) is 6.44. The number of Topliss-reactive ketones (excluding diaryl/α,β-unsaturated/α-hetero) is 1. The van der Waals surface area contributed by atoms with E-state index in [1.165, 1.54) is 12.1 Å². The summed E-state index contributed by atoms with van der Waals surface area (Å²) in [6, 6.07) is 13.3. The number of carbonyl (C=O) groups is 2. The Bertz CT molecular complexity index is 967. The summed E-state index contributed by atoms with van der Waals surface area (Å²) in [7, 11) is -4.01. The number of nitrogens with zero attached hydrogens (tertiary/aromatic N) is 1. The molecule has 2 aromatic carbocycles. The number of ether oxygens (including phenoxy) is 1. The van der Waals surface area contributed by atoms with Gasteiger partial charge in [-0.05, 0) is 38.0 Å². The maximum Gasteiger partial charge on any atom is 0.266 e. The second-order valence-corrected chi connectivity index (χ2v) is 8.72. The van der Waals surface area contributed by atoms with Crippen LogP contribution in [0.1, 0.15) is 36.8 Å². The molecule has 0 radical (unpaired) electrons. The van der Waals surface area contributed by atoms with Crippen LogP contribution in [0.25, 0.3) is 0 Å². The van der Waals surface area contributed by atoms with Crippen LogP contribution in [0.15, 0.2) is 53.4 Å². The first kappa shape index (κ1) is 20.1. The molecule has 0 N–H and O–H groups in total. The number of benzene rings is 2. The van der Waals surface area contributed by atoms with Crippen LogP contribution < -0.4 is 4.74 Å². The number of ketones is 1. The van der Waals surface area contributed by atoms with Gasteiger partial charge in [0.05, 0.1) is 11.4 Å². The predicted octanol–water partition coefficient (Wildman–Crippen LogP) is 3.23. The van der Waals surface area contributed by atoms with Crippen LogP contribution in [0, 0.1) is 6.92 Å². The van der Waals surface area contributed by atoms with E-state index < -0.39 is 15.9 Å². The lowest BCUT2D eigenvalue weighted by Gasteiger charge is -2.24. The number of aryl methyl sites for hydroxylation is 1. The molecule has 1 aliphatic rings. The molecule has 2 aromatic rings. The summed E-state index contributed by atoms with van der Waals surface area (Å²) < 4.78 is 32.9. The van der Waals surface area contributed by atoms with Gasteiger partial charge in [-0.15, -0.1) is 0 Å². The first-order valence-electron chi connectivity index (χ1n) is 9.22. The molecule has 3 rings (SSSR count). The molecular formula is C21H23NO5S. The normalized spacial score (nSPS) is 16.5. The average molecular weight is 401 g/mol. The van der Waals surface area contributed by atoms with Crippen molar-refractivity contribution in [2.24, 2.45) is 0 Å². The fourth-order valence-corrected chi connectivity index (χ4v) is 4.43. The van der Waals surface area contributed by atoms with E-state index in [0.29, 0.717) is 30.6 Å². The minimum atomic E-state index is -4.01. The number of amides is 1. The zero-order valence-electron chi connectivity index (χ0n) is 15.8. The monoisotopic (exact) mass is 401 g/mol. The van der Waals surface area contributed by atoms with Gasteiger partial charge in [-0.1, -0.05) is 35.9 Å². The molecule has 0 saturated carbocycles. The molecular weight excluding hydrogens is 378 g/mol. The molecule has 0 aliphatic carbocycles. The second kappa shape index (κ2) is 8.56. The molecule has 0 saturated heterocycles. The molecule has 0 aromatic heterocycles. The first-order valence-corrected chi connectivity index (χ1v) is 10.7. The van der Waals surface area contributed by atoms with E-state index in [9.17, 15) is 18.0 Å². The minimum absolute atomic E-state index is 0.0352. The minimum Gasteiger partial charge on any atom is -0.485 e. The van der Waals surface area contributed by atoms with E-state index >= 15 is 0 Å². The Labute approximate surface area is 165 Å². The smallest absolute Gasteiger partial charge is 0.266 e. The van der Waals surface area contributed by atoms with Crippen LogP contribution in [0.4, 0.5) is 0 Å². The van der Waals surface area contributed by atoms with Crippen molar-refractivity contribution >= 4 is 21.7 Å². The van der Waals surface area contributed by atoms with Crippen molar-refractivity contribution < 1.29 is 22.7 Å². The summed E-state index contributed by atoms with van der Waals surface area (Å²) in [6.07, 6.45) is 1.35. The zero-order valence-corrected chi connectivity index (χ0v) is 16.6. The van der Waals surface area contributed by atoms with Gasteiger partial charge in [0, 0.05) is 18.4 Å². The Hall–Kier alpha value is -2.67. The van der Waals surface area contributed by atoms with Crippen molar-refractivity contribution in [1.82, 2.24) is 4.31 Å². The number of fused-ring (bicyclic) bond motifs is 1. The van der Waals surface area contributed by atoms with Crippen molar-refractivity contribution in [2.75, 3.05) is 6.61 Å². The van der Waals surface area contributed by atoms with E-state index in [1.807, 2.05) is 6.92 Å². The molecule has 1 heterocycles. The number of hydrogen-bond acceptors (Lipinski definition) is 5. The summed E-state index contributed by atoms with van der Waals surface area (Å²) >= 11 is 0. The van der Waals surface area contributed by atoms with E-state index in [4.69, 9.17) is 4.74 Å². The summed E-state index contributed by atoms with van der Waals surface area (Å²) in [5.74, 6) is -0.108. The largest absolute Gasteiger partial charge is 0.485 e. The third kappa shape index (κ3) is 4.59. The Morgan fingerprint density at radius 2 is 1.61 bits per heavy atom. The van der Waals surface area contributed by atoms with Gasteiger partial charge in [-0.25, -0.2) is 12.7 Å². The van der Waals surface area contributed by atoms with Gasteiger partial charge >= 0.3 is 0 Å². The lowest BCUT2D eigenvalue weighted by molar-refractivity contribution is -0.127. The van der Waals surface area contributed by atoms with Crippen LogP contribution in [-0.4, -0.2) is 31.0 Å². The van der Waals surface area contributed by atoms with Crippen LogP contribution in [0.3, 0.4) is 0 Å². The van der Waals surface area contributed by atoms with Gasteiger partial charge in [0.25, 0.3) is 10.0 Å². The maximum absolute atomic E-state index is 13.2. The van der Waals surface area contributed by atoms with Crippen LogP contribution in [0.5, 0.6) is 5.75 Å². The van der Waals surface area contributed by atoms with Gasteiger partial charge in [0.15, 0.2) is 5.78 Å². The van der Waals surface area contributed by atoms with Crippen LogP contribution in [0.2, 0.25) is 0 Å². The number of sulfonamides is 1. The summed E-state index contributed by atoms with van der Waals surface area (Å²) in [4.78, 5) is 24.8. The van der Waals surface area contributed by atoms with Crippen molar-refractivity contribution in [3.8, 4) is 5.75 Å². The van der Waals surface area contributed by atoms with E-state index in [-0.39, 0.29) is 30.3 Å². The number of rotatable bonds is 2. The summed E-state index contributed by atoms with van der Waals surface area (Å²) in [5.41, 5.74) is 1.47. The lowest BCUT2D eigenvalue weighted by Crippen LogP contribution is -2.36. The molecule has 0 spiro atoms. The summed E-state index contributed by atoms with van der Waals surface area (Å²) in [6.45, 7) is 1.67.